The normalized spacial score (nSPS) is 19.5. The fourth-order valence-electron chi connectivity index (χ4n) is 2.43. The van der Waals surface area contributed by atoms with E-state index in [1.807, 2.05) is 27.7 Å². The van der Waals surface area contributed by atoms with E-state index in [9.17, 15) is 13.2 Å². The molecule has 0 aliphatic carbocycles. The standard InChI is InChI=1S/C16H32N2O4S/c1-12(17-23(20,21)16(5,6)7)13-8-10-18(11-9-13)14(19)22-15(2,3)4/h12-13,17H,8-11H2,1-7H3/t12-/m0/s1. The molecule has 1 heterocycles. The number of rotatable bonds is 3. The van der Waals surface area contributed by atoms with E-state index in [0.717, 1.165) is 12.8 Å². The number of sulfonamides is 1. The smallest absolute Gasteiger partial charge is 0.410 e. The van der Waals surface area contributed by atoms with Crippen molar-refractivity contribution in [2.24, 2.45) is 5.92 Å². The van der Waals surface area contributed by atoms with Crippen LogP contribution in [0, 0.1) is 5.92 Å². The Kier molecular flexibility index (Phi) is 6.13. The maximum Gasteiger partial charge on any atom is 0.410 e. The lowest BCUT2D eigenvalue weighted by atomic mass is 9.91. The van der Waals surface area contributed by atoms with Crippen LogP contribution in [-0.2, 0) is 14.8 Å². The summed E-state index contributed by atoms with van der Waals surface area (Å²) in [5.74, 6) is 0.228. The van der Waals surface area contributed by atoms with Crippen LogP contribution >= 0.6 is 0 Å². The van der Waals surface area contributed by atoms with E-state index >= 15 is 0 Å². The van der Waals surface area contributed by atoms with Crippen LogP contribution in [0.2, 0.25) is 0 Å². The van der Waals surface area contributed by atoms with E-state index in [-0.39, 0.29) is 18.1 Å². The molecule has 1 saturated heterocycles. The minimum Gasteiger partial charge on any atom is -0.444 e. The SMILES string of the molecule is C[C@H](NS(=O)(=O)C(C)(C)C)C1CCN(C(=O)OC(C)(C)C)CC1. The Morgan fingerprint density at radius 1 is 1.13 bits per heavy atom. The van der Waals surface area contributed by atoms with E-state index in [1.165, 1.54) is 0 Å². The maximum absolute atomic E-state index is 12.2. The topological polar surface area (TPSA) is 75.7 Å². The summed E-state index contributed by atoms with van der Waals surface area (Å²) >= 11 is 0. The summed E-state index contributed by atoms with van der Waals surface area (Å²) in [4.78, 5) is 13.7. The Balaban J connectivity index is 2.55. The van der Waals surface area contributed by atoms with Crippen LogP contribution in [0.3, 0.4) is 0 Å². The fourth-order valence-corrected chi connectivity index (χ4v) is 3.46. The summed E-state index contributed by atoms with van der Waals surface area (Å²) in [5, 5.41) is 0. The van der Waals surface area contributed by atoms with Gasteiger partial charge in [-0.25, -0.2) is 17.9 Å². The number of likely N-dealkylation sites (tertiary alicyclic amines) is 1. The highest BCUT2D eigenvalue weighted by Crippen LogP contribution is 2.24. The Morgan fingerprint density at radius 3 is 2.00 bits per heavy atom. The summed E-state index contributed by atoms with van der Waals surface area (Å²) in [7, 11) is -3.36. The molecule has 0 unspecified atom stereocenters. The Labute approximate surface area is 141 Å². The van der Waals surface area contributed by atoms with Crippen LogP contribution in [0.1, 0.15) is 61.3 Å². The van der Waals surface area contributed by atoms with Gasteiger partial charge in [0.2, 0.25) is 10.0 Å². The Hall–Kier alpha value is -0.820. The highest BCUT2D eigenvalue weighted by molar-refractivity contribution is 7.90. The molecule has 23 heavy (non-hydrogen) atoms. The number of carbonyl (C=O) groups excluding carboxylic acids is 1. The van der Waals surface area contributed by atoms with Gasteiger partial charge in [-0.15, -0.1) is 0 Å². The number of ether oxygens (including phenoxy) is 1. The molecule has 1 N–H and O–H groups in total. The number of hydrogen-bond acceptors (Lipinski definition) is 4. The first-order valence-electron chi connectivity index (χ1n) is 8.23. The van der Waals surface area contributed by atoms with Crippen LogP contribution in [-0.4, -0.2) is 48.9 Å². The molecular weight excluding hydrogens is 316 g/mol. The lowest BCUT2D eigenvalue weighted by Crippen LogP contribution is -2.49. The van der Waals surface area contributed by atoms with Crippen molar-refractivity contribution in [3.63, 3.8) is 0 Å². The van der Waals surface area contributed by atoms with Gasteiger partial charge in [-0.1, -0.05) is 0 Å². The summed E-state index contributed by atoms with van der Waals surface area (Å²) in [5.41, 5.74) is -0.496. The third-order valence-corrected chi connectivity index (χ3v) is 6.34. The molecule has 0 spiro atoms. The minimum absolute atomic E-state index is 0.139. The Bertz CT molecular complexity index is 509. The number of nitrogens with zero attached hydrogens (tertiary/aromatic N) is 1. The number of amides is 1. The number of hydrogen-bond donors (Lipinski definition) is 1. The number of carbonyl (C=O) groups is 1. The monoisotopic (exact) mass is 348 g/mol. The minimum atomic E-state index is -3.36. The lowest BCUT2D eigenvalue weighted by molar-refractivity contribution is 0.0174. The highest BCUT2D eigenvalue weighted by atomic mass is 32.2. The molecule has 0 radical (unpaired) electrons. The van der Waals surface area contributed by atoms with Gasteiger partial charge in [0, 0.05) is 19.1 Å². The predicted molar refractivity (Wildman–Crippen MR) is 91.8 cm³/mol. The summed E-state index contributed by atoms with van der Waals surface area (Å²) in [6, 6.07) is -0.139. The van der Waals surface area contributed by atoms with Crippen molar-refractivity contribution in [1.29, 1.82) is 0 Å². The second-order valence-electron chi connectivity index (χ2n) is 8.33. The van der Waals surface area contributed by atoms with Gasteiger partial charge in [-0.3, -0.25) is 0 Å². The zero-order valence-electron chi connectivity index (χ0n) is 15.5. The van der Waals surface area contributed by atoms with E-state index in [1.54, 1.807) is 25.7 Å². The maximum atomic E-state index is 12.2. The van der Waals surface area contributed by atoms with Gasteiger partial charge in [-0.2, -0.15) is 0 Å². The molecule has 1 atom stereocenters. The van der Waals surface area contributed by atoms with Gasteiger partial charge < -0.3 is 9.64 Å². The predicted octanol–water partition coefficient (Wildman–Crippen LogP) is 2.74. The molecule has 1 aliphatic rings. The largest absolute Gasteiger partial charge is 0.444 e. The van der Waals surface area contributed by atoms with Crippen molar-refractivity contribution in [1.82, 2.24) is 9.62 Å². The van der Waals surface area contributed by atoms with E-state index in [4.69, 9.17) is 4.74 Å². The van der Waals surface area contributed by atoms with Crippen molar-refractivity contribution in [3.8, 4) is 0 Å². The number of nitrogens with one attached hydrogen (secondary N) is 1. The van der Waals surface area contributed by atoms with Gasteiger partial charge in [0.1, 0.15) is 5.60 Å². The first-order valence-corrected chi connectivity index (χ1v) is 9.71. The lowest BCUT2D eigenvalue weighted by Gasteiger charge is -2.36. The van der Waals surface area contributed by atoms with Crippen molar-refractivity contribution in [2.75, 3.05) is 13.1 Å². The van der Waals surface area contributed by atoms with E-state index in [0.29, 0.717) is 13.1 Å². The molecule has 0 aromatic rings. The van der Waals surface area contributed by atoms with Crippen LogP contribution in [0.4, 0.5) is 4.79 Å². The molecule has 0 bridgehead atoms. The van der Waals surface area contributed by atoms with Crippen molar-refractivity contribution < 1.29 is 17.9 Å². The zero-order valence-corrected chi connectivity index (χ0v) is 16.3. The van der Waals surface area contributed by atoms with Crippen LogP contribution in [0.15, 0.2) is 0 Å². The molecule has 7 heteroatoms. The molecule has 0 aromatic carbocycles. The molecule has 6 nitrogen and oxygen atoms in total. The van der Waals surface area contributed by atoms with Gasteiger partial charge in [0.15, 0.2) is 0 Å². The molecule has 0 aromatic heterocycles. The second kappa shape index (κ2) is 6.97. The molecule has 1 amide bonds. The zero-order chi connectivity index (χ0) is 18.1. The van der Waals surface area contributed by atoms with Crippen LogP contribution in [0.25, 0.3) is 0 Å². The Morgan fingerprint density at radius 2 is 1.61 bits per heavy atom. The van der Waals surface area contributed by atoms with E-state index < -0.39 is 20.4 Å². The summed E-state index contributed by atoms with van der Waals surface area (Å²) < 4.78 is 31.8. The van der Waals surface area contributed by atoms with Crippen molar-refractivity contribution in [2.45, 2.75) is 77.7 Å². The van der Waals surface area contributed by atoms with Crippen LogP contribution < -0.4 is 4.72 Å². The molecule has 136 valence electrons. The quantitative estimate of drug-likeness (QED) is 0.851. The molecule has 0 saturated carbocycles. The van der Waals surface area contributed by atoms with Crippen molar-refractivity contribution in [3.05, 3.63) is 0 Å². The average molecular weight is 349 g/mol. The fraction of sp³-hybridized carbons (Fsp3) is 0.938. The molecular formula is C16H32N2O4S. The molecule has 1 aliphatic heterocycles. The average Bonchev–Trinajstić information content (AvgIpc) is 2.35. The van der Waals surface area contributed by atoms with E-state index in [2.05, 4.69) is 4.72 Å². The molecule has 1 rings (SSSR count). The summed E-state index contributed by atoms with van der Waals surface area (Å²) in [6.45, 7) is 13.7. The first-order chi connectivity index (χ1) is 10.2. The second-order valence-corrected chi connectivity index (χ2v) is 10.8. The van der Waals surface area contributed by atoms with Gasteiger partial charge >= 0.3 is 6.09 Å². The summed E-state index contributed by atoms with van der Waals surface area (Å²) in [6.07, 6.45) is 1.25. The van der Waals surface area contributed by atoms with Gasteiger partial charge in [0.25, 0.3) is 0 Å². The third kappa shape index (κ3) is 5.95. The third-order valence-electron chi connectivity index (χ3n) is 4.05. The first kappa shape index (κ1) is 20.2. The highest BCUT2D eigenvalue weighted by Gasteiger charge is 2.34. The van der Waals surface area contributed by atoms with Crippen LogP contribution in [0.5, 0.6) is 0 Å². The molecule has 1 fully saturated rings. The van der Waals surface area contributed by atoms with Crippen molar-refractivity contribution >= 4 is 16.1 Å². The van der Waals surface area contributed by atoms with Gasteiger partial charge in [0.05, 0.1) is 4.75 Å². The van der Waals surface area contributed by atoms with Gasteiger partial charge in [-0.05, 0) is 67.2 Å². The number of piperidine rings is 1.